The lowest BCUT2D eigenvalue weighted by Gasteiger charge is -2.47. The lowest BCUT2D eigenvalue weighted by molar-refractivity contribution is -0.364. The van der Waals surface area contributed by atoms with E-state index in [1.165, 1.54) is 14.2 Å². The number of aliphatic hydroxyl groups is 2. The maximum Gasteiger partial charge on any atom is 0.310 e. The number of ether oxygens (including phenoxy) is 9. The second-order valence-corrected chi connectivity index (χ2v) is 11.0. The van der Waals surface area contributed by atoms with Gasteiger partial charge in [0.05, 0.1) is 39.5 Å². The summed E-state index contributed by atoms with van der Waals surface area (Å²) < 4.78 is 51.5. The average molecular weight is 589 g/mol. The Morgan fingerprint density at radius 2 is 1.57 bits per heavy atom. The van der Waals surface area contributed by atoms with Crippen LogP contribution in [0.3, 0.4) is 0 Å². The van der Waals surface area contributed by atoms with E-state index in [1.807, 2.05) is 0 Å². The van der Waals surface area contributed by atoms with Crippen LogP contribution in [0.2, 0.25) is 0 Å². The Balaban J connectivity index is 1.32. The van der Waals surface area contributed by atoms with Gasteiger partial charge in [0.1, 0.15) is 24.4 Å². The highest BCUT2D eigenvalue weighted by atomic mass is 16.8. The zero-order valence-electron chi connectivity index (χ0n) is 23.1. The Bertz CT molecular complexity index is 1350. The first-order valence-electron chi connectivity index (χ1n) is 13.8. The standard InChI is InChI=1S/C29H32O13/c1-11-36-9-20-27(40-11)24(31)25(32)29(41-20)42-26-14-7-17-16(38-10-39-17)6-13(14)21(22-15(26)8-37-28(22)33)12-4-18(34-2)23(30)19(5-12)35-3/h4-7,11,15,20-22,24-27,29-32H,8-10H2,1-3H3/t11-,15+,20+,21+,22+,24+,25-,26+,27-,29-/m0/s1. The smallest absolute Gasteiger partial charge is 0.310 e. The van der Waals surface area contributed by atoms with Crippen molar-refractivity contribution in [3.8, 4) is 28.7 Å². The number of hydrogen-bond donors (Lipinski definition) is 3. The van der Waals surface area contributed by atoms with Gasteiger partial charge < -0.3 is 58.0 Å². The van der Waals surface area contributed by atoms with Crippen molar-refractivity contribution in [3.63, 3.8) is 0 Å². The second kappa shape index (κ2) is 10.4. The highest BCUT2D eigenvalue weighted by Crippen LogP contribution is 2.57. The Hall–Kier alpha value is -3.33. The van der Waals surface area contributed by atoms with Gasteiger partial charge in [-0.15, -0.1) is 0 Å². The molecule has 0 amide bonds. The summed E-state index contributed by atoms with van der Waals surface area (Å²) in [5, 5.41) is 32.5. The summed E-state index contributed by atoms with van der Waals surface area (Å²) in [6.45, 7) is 1.93. The number of rotatable bonds is 5. The van der Waals surface area contributed by atoms with Crippen LogP contribution in [-0.2, 0) is 28.5 Å². The Kier molecular flexibility index (Phi) is 6.83. The van der Waals surface area contributed by atoms with Crippen molar-refractivity contribution in [1.29, 1.82) is 0 Å². The van der Waals surface area contributed by atoms with Crippen molar-refractivity contribution in [2.45, 2.75) is 55.9 Å². The molecule has 0 unspecified atom stereocenters. The lowest BCUT2D eigenvalue weighted by Crippen LogP contribution is -2.63. The molecule has 0 bridgehead atoms. The largest absolute Gasteiger partial charge is 0.502 e. The molecular formula is C29H32O13. The normalized spacial score (nSPS) is 36.5. The summed E-state index contributed by atoms with van der Waals surface area (Å²) in [6, 6.07) is 6.93. The van der Waals surface area contributed by atoms with Crippen molar-refractivity contribution in [1.82, 2.24) is 0 Å². The fourth-order valence-corrected chi connectivity index (χ4v) is 6.74. The summed E-state index contributed by atoms with van der Waals surface area (Å²) in [7, 11) is 2.86. The third-order valence-corrected chi connectivity index (χ3v) is 8.75. The molecule has 4 aliphatic heterocycles. The predicted octanol–water partition coefficient (Wildman–Crippen LogP) is 1.34. The van der Waals surface area contributed by atoms with E-state index in [2.05, 4.69) is 0 Å². The van der Waals surface area contributed by atoms with Crippen LogP contribution in [0.25, 0.3) is 0 Å². The SMILES string of the molecule is COc1cc([C@@H]2c3cc4c(cc3[C@@H](O[C@@H]3O[C@@H]5CO[C@H](C)O[C@@H]5[C@H](O)[C@@H]3O)[C@@H]3COC(=O)[C@@H]23)OCO4)cc(OC)c1O. The molecule has 0 saturated carbocycles. The molecule has 7 rings (SSSR count). The number of aliphatic hydroxyl groups excluding tert-OH is 2. The van der Waals surface area contributed by atoms with Gasteiger partial charge in [-0.25, -0.2) is 0 Å². The molecule has 0 aromatic heterocycles. The van der Waals surface area contributed by atoms with Crippen molar-refractivity contribution in [2.75, 3.05) is 34.2 Å². The molecule has 10 atom stereocenters. The molecule has 3 saturated heterocycles. The van der Waals surface area contributed by atoms with E-state index in [4.69, 9.17) is 42.6 Å². The van der Waals surface area contributed by atoms with Crippen molar-refractivity contribution in [2.24, 2.45) is 11.8 Å². The molecule has 0 spiro atoms. The maximum absolute atomic E-state index is 13.4. The van der Waals surface area contributed by atoms with Crippen LogP contribution >= 0.6 is 0 Å². The van der Waals surface area contributed by atoms with Gasteiger partial charge in [-0.3, -0.25) is 4.79 Å². The third-order valence-electron chi connectivity index (χ3n) is 8.75. The van der Waals surface area contributed by atoms with Gasteiger partial charge in [-0.05, 0) is 47.9 Å². The fraction of sp³-hybridized carbons (Fsp3) is 0.552. The number of esters is 1. The van der Waals surface area contributed by atoms with E-state index >= 15 is 0 Å². The summed E-state index contributed by atoms with van der Waals surface area (Å²) in [4.78, 5) is 13.4. The first-order valence-corrected chi connectivity index (χ1v) is 13.8. The van der Waals surface area contributed by atoms with Crippen LogP contribution in [0.15, 0.2) is 24.3 Å². The highest BCUT2D eigenvalue weighted by Gasteiger charge is 2.56. The number of phenols is 1. The average Bonchev–Trinajstić information content (AvgIpc) is 3.61. The molecule has 13 heteroatoms. The maximum atomic E-state index is 13.4. The predicted molar refractivity (Wildman–Crippen MR) is 138 cm³/mol. The Morgan fingerprint density at radius 3 is 2.26 bits per heavy atom. The summed E-state index contributed by atoms with van der Waals surface area (Å²) >= 11 is 0. The Labute approximate surface area is 240 Å². The van der Waals surface area contributed by atoms with E-state index < -0.39 is 66.8 Å². The molecule has 3 fully saturated rings. The minimum absolute atomic E-state index is 0.0301. The molecule has 1 aliphatic carbocycles. The zero-order chi connectivity index (χ0) is 29.3. The highest BCUT2D eigenvalue weighted by molar-refractivity contribution is 5.79. The second-order valence-electron chi connectivity index (χ2n) is 11.0. The molecule has 2 aromatic carbocycles. The van der Waals surface area contributed by atoms with Crippen LogP contribution in [0.4, 0.5) is 0 Å². The topological polar surface area (TPSA) is 161 Å². The molecule has 226 valence electrons. The van der Waals surface area contributed by atoms with Crippen LogP contribution < -0.4 is 18.9 Å². The number of methoxy groups -OCH3 is 2. The summed E-state index contributed by atoms with van der Waals surface area (Å²) in [6.07, 6.45) is -6.80. The first-order chi connectivity index (χ1) is 20.3. The molecule has 42 heavy (non-hydrogen) atoms. The van der Waals surface area contributed by atoms with Gasteiger partial charge in [0.2, 0.25) is 12.5 Å². The summed E-state index contributed by atoms with van der Waals surface area (Å²) in [5.41, 5.74) is 2.01. The lowest BCUT2D eigenvalue weighted by atomic mass is 9.66. The minimum Gasteiger partial charge on any atom is -0.502 e. The molecule has 0 radical (unpaired) electrons. The van der Waals surface area contributed by atoms with Crippen LogP contribution in [0.1, 0.15) is 35.6 Å². The van der Waals surface area contributed by atoms with Crippen LogP contribution in [0.5, 0.6) is 28.7 Å². The van der Waals surface area contributed by atoms with E-state index in [9.17, 15) is 20.1 Å². The molecule has 4 heterocycles. The van der Waals surface area contributed by atoms with Crippen LogP contribution in [-0.4, -0.2) is 92.5 Å². The van der Waals surface area contributed by atoms with Gasteiger partial charge in [-0.2, -0.15) is 0 Å². The number of hydrogen-bond acceptors (Lipinski definition) is 13. The number of fused-ring (bicyclic) bond motifs is 4. The molecule has 13 nitrogen and oxygen atoms in total. The van der Waals surface area contributed by atoms with Crippen LogP contribution in [0, 0.1) is 11.8 Å². The zero-order valence-corrected chi connectivity index (χ0v) is 23.1. The molecule has 2 aromatic rings. The quantitative estimate of drug-likeness (QED) is 0.430. The van der Waals surface area contributed by atoms with Gasteiger partial charge >= 0.3 is 5.97 Å². The van der Waals surface area contributed by atoms with E-state index in [0.717, 1.165) is 0 Å². The number of cyclic esters (lactones) is 1. The number of aromatic hydroxyl groups is 1. The van der Waals surface area contributed by atoms with Crippen molar-refractivity contribution in [3.05, 3.63) is 41.0 Å². The Morgan fingerprint density at radius 1 is 0.881 bits per heavy atom. The summed E-state index contributed by atoms with van der Waals surface area (Å²) in [5.74, 6) is -1.02. The van der Waals surface area contributed by atoms with Gasteiger partial charge in [0, 0.05) is 11.8 Å². The number of carbonyl (C=O) groups excluding carboxylic acids is 1. The van der Waals surface area contributed by atoms with Gasteiger partial charge in [-0.1, -0.05) is 0 Å². The van der Waals surface area contributed by atoms with Gasteiger partial charge in [0.15, 0.2) is 35.6 Å². The van der Waals surface area contributed by atoms with E-state index in [0.29, 0.717) is 28.2 Å². The first kappa shape index (κ1) is 27.5. The monoisotopic (exact) mass is 588 g/mol. The number of carbonyl (C=O) groups is 1. The molecule has 5 aliphatic rings. The molecule has 3 N–H and O–H groups in total. The number of benzene rings is 2. The molecular weight excluding hydrogens is 556 g/mol. The minimum atomic E-state index is -1.44. The van der Waals surface area contributed by atoms with Gasteiger partial charge in [0.25, 0.3) is 0 Å². The van der Waals surface area contributed by atoms with Crippen molar-refractivity contribution < 1.29 is 62.7 Å². The van der Waals surface area contributed by atoms with Crippen molar-refractivity contribution >= 4 is 5.97 Å². The third kappa shape index (κ3) is 4.26. The fourth-order valence-electron chi connectivity index (χ4n) is 6.74. The number of phenolic OH excluding ortho intramolecular Hbond substituents is 1. The van der Waals surface area contributed by atoms with E-state index in [-0.39, 0.29) is 37.3 Å². The van der Waals surface area contributed by atoms with E-state index in [1.54, 1.807) is 31.2 Å².